The maximum Gasteiger partial charge on any atom is 0.323 e. The molecule has 2 aromatic heterocycles. The molecule has 0 aliphatic carbocycles. The molecule has 2 heterocycles. The zero-order valence-corrected chi connectivity index (χ0v) is 12.2. The van der Waals surface area contributed by atoms with Crippen molar-refractivity contribution in [1.29, 1.82) is 5.26 Å². The minimum Gasteiger partial charge on any atom is -0.363 e. The van der Waals surface area contributed by atoms with Crippen LogP contribution in [0.1, 0.15) is 22.4 Å². The van der Waals surface area contributed by atoms with Gasteiger partial charge < -0.3 is 15.3 Å². The number of hydrogen-bond acceptors (Lipinski definition) is 5. The summed E-state index contributed by atoms with van der Waals surface area (Å²) in [5.41, 5.74) is 4.31. The summed E-state index contributed by atoms with van der Waals surface area (Å²) >= 11 is 0. The van der Waals surface area contributed by atoms with E-state index >= 15 is 0 Å². The average Bonchev–Trinajstić information content (AvgIpc) is 2.87. The van der Waals surface area contributed by atoms with Crippen LogP contribution in [0.25, 0.3) is 11.0 Å². The number of H-pyrrole nitrogens is 2. The van der Waals surface area contributed by atoms with Gasteiger partial charge in [-0.15, -0.1) is 5.10 Å². The van der Waals surface area contributed by atoms with Gasteiger partial charge >= 0.3 is 5.69 Å². The largest absolute Gasteiger partial charge is 0.363 e. The second-order valence-corrected chi connectivity index (χ2v) is 5.06. The molecule has 0 radical (unpaired) electrons. The van der Waals surface area contributed by atoms with Crippen molar-refractivity contribution in [1.82, 2.24) is 20.2 Å². The third-order valence-corrected chi connectivity index (χ3v) is 3.61. The number of aryl methyl sites for hydroxylation is 1. The zero-order valence-electron chi connectivity index (χ0n) is 12.2. The van der Waals surface area contributed by atoms with Crippen LogP contribution in [-0.2, 0) is 6.54 Å². The summed E-state index contributed by atoms with van der Waals surface area (Å²) < 4.78 is 0. The number of fused-ring (bicyclic) bond motifs is 1. The van der Waals surface area contributed by atoms with Crippen molar-refractivity contribution in [2.24, 2.45) is 0 Å². The first-order valence-corrected chi connectivity index (χ1v) is 6.77. The predicted octanol–water partition coefficient (Wildman–Crippen LogP) is 1.75. The van der Waals surface area contributed by atoms with Crippen LogP contribution in [0.5, 0.6) is 0 Å². The second-order valence-electron chi connectivity index (χ2n) is 5.06. The zero-order chi connectivity index (χ0) is 15.7. The van der Waals surface area contributed by atoms with Crippen LogP contribution in [0.2, 0.25) is 0 Å². The number of aromatic nitrogens is 4. The Labute approximate surface area is 126 Å². The summed E-state index contributed by atoms with van der Waals surface area (Å²) in [4.78, 5) is 16.7. The van der Waals surface area contributed by atoms with Gasteiger partial charge in [0.1, 0.15) is 11.6 Å². The van der Waals surface area contributed by atoms with Crippen molar-refractivity contribution >= 4 is 16.9 Å². The summed E-state index contributed by atoms with van der Waals surface area (Å²) in [6.45, 7) is 4.16. The van der Waals surface area contributed by atoms with Gasteiger partial charge in [-0.3, -0.25) is 0 Å². The summed E-state index contributed by atoms with van der Waals surface area (Å²) in [6.07, 6.45) is 0. The van der Waals surface area contributed by atoms with Gasteiger partial charge in [0.2, 0.25) is 0 Å². The van der Waals surface area contributed by atoms with Crippen molar-refractivity contribution in [3.63, 3.8) is 0 Å². The van der Waals surface area contributed by atoms with Gasteiger partial charge in [0, 0.05) is 6.54 Å². The fourth-order valence-electron chi connectivity index (χ4n) is 2.24. The van der Waals surface area contributed by atoms with Crippen molar-refractivity contribution in [3.05, 3.63) is 51.1 Å². The highest BCUT2D eigenvalue weighted by molar-refractivity contribution is 5.75. The molecule has 0 saturated carbocycles. The summed E-state index contributed by atoms with van der Waals surface area (Å²) in [7, 11) is 0. The molecule has 22 heavy (non-hydrogen) atoms. The lowest BCUT2D eigenvalue weighted by molar-refractivity contribution is 0.941. The molecule has 7 nitrogen and oxygen atoms in total. The number of hydrogen-bond donors (Lipinski definition) is 3. The van der Waals surface area contributed by atoms with Crippen LogP contribution < -0.4 is 11.0 Å². The number of aromatic amines is 2. The van der Waals surface area contributed by atoms with Gasteiger partial charge in [0.15, 0.2) is 5.82 Å². The molecule has 0 bridgehead atoms. The standard InChI is InChI=1S/C15H14N6O/c1-8-9(2)20-21-14(11(8)6-16)17-7-10-3-4-12-13(5-10)19-15(22)18-12/h3-5H,7H2,1-2H3,(H,17,21)(H2,18,19,22). The van der Waals surface area contributed by atoms with E-state index in [-0.39, 0.29) is 5.69 Å². The SMILES string of the molecule is Cc1nnc(NCc2ccc3[nH]c(=O)[nH]c3c2)c(C#N)c1C. The topological polar surface area (TPSA) is 110 Å². The Morgan fingerprint density at radius 1 is 1.23 bits per heavy atom. The van der Waals surface area contributed by atoms with E-state index in [1.807, 2.05) is 32.0 Å². The second kappa shape index (κ2) is 5.33. The van der Waals surface area contributed by atoms with Gasteiger partial charge in [-0.1, -0.05) is 6.07 Å². The maximum absolute atomic E-state index is 11.3. The van der Waals surface area contributed by atoms with Gasteiger partial charge in [0.05, 0.1) is 16.7 Å². The Morgan fingerprint density at radius 2 is 2.00 bits per heavy atom. The molecule has 0 spiro atoms. The van der Waals surface area contributed by atoms with Crippen LogP contribution in [0.4, 0.5) is 5.82 Å². The van der Waals surface area contributed by atoms with Crippen LogP contribution in [0.3, 0.4) is 0 Å². The highest BCUT2D eigenvalue weighted by Crippen LogP contribution is 2.18. The smallest absolute Gasteiger partial charge is 0.323 e. The van der Waals surface area contributed by atoms with E-state index in [0.29, 0.717) is 17.9 Å². The summed E-state index contributed by atoms with van der Waals surface area (Å²) in [6, 6.07) is 7.77. The summed E-state index contributed by atoms with van der Waals surface area (Å²) in [5, 5.41) is 20.5. The fourth-order valence-corrected chi connectivity index (χ4v) is 2.24. The van der Waals surface area contributed by atoms with Crippen LogP contribution >= 0.6 is 0 Å². The molecule has 0 aliphatic heterocycles. The molecule has 1 aromatic carbocycles. The van der Waals surface area contributed by atoms with Crippen LogP contribution in [0.15, 0.2) is 23.0 Å². The molecule has 3 aromatic rings. The maximum atomic E-state index is 11.3. The van der Waals surface area contributed by atoms with Gasteiger partial charge in [-0.25, -0.2) is 4.79 Å². The molecular weight excluding hydrogens is 280 g/mol. The van der Waals surface area contributed by atoms with E-state index < -0.39 is 0 Å². The molecule has 0 saturated heterocycles. The van der Waals surface area contributed by atoms with E-state index in [4.69, 9.17) is 0 Å². The number of nitrogens with zero attached hydrogens (tertiary/aromatic N) is 3. The first-order valence-electron chi connectivity index (χ1n) is 6.77. The lowest BCUT2D eigenvalue weighted by Crippen LogP contribution is -2.07. The number of nitrogens with one attached hydrogen (secondary N) is 3. The van der Waals surface area contributed by atoms with E-state index in [1.165, 1.54) is 0 Å². The number of imidazole rings is 1. The molecule has 0 amide bonds. The Bertz CT molecular complexity index is 947. The first-order chi connectivity index (χ1) is 10.6. The monoisotopic (exact) mass is 294 g/mol. The number of rotatable bonds is 3. The minimum atomic E-state index is -0.230. The van der Waals surface area contributed by atoms with E-state index in [0.717, 1.165) is 27.9 Å². The molecule has 3 N–H and O–H groups in total. The quantitative estimate of drug-likeness (QED) is 0.681. The molecule has 0 atom stereocenters. The van der Waals surface area contributed by atoms with Crippen LogP contribution in [0, 0.1) is 25.2 Å². The molecule has 0 aliphatic rings. The molecular formula is C15H14N6O. The van der Waals surface area contributed by atoms with Crippen molar-refractivity contribution < 1.29 is 0 Å². The molecule has 3 rings (SSSR count). The normalized spacial score (nSPS) is 10.6. The molecule has 0 unspecified atom stereocenters. The predicted molar refractivity (Wildman–Crippen MR) is 82.5 cm³/mol. The van der Waals surface area contributed by atoms with Crippen molar-refractivity contribution in [3.8, 4) is 6.07 Å². The lowest BCUT2D eigenvalue weighted by Gasteiger charge is -2.09. The van der Waals surface area contributed by atoms with Crippen molar-refractivity contribution in [2.45, 2.75) is 20.4 Å². The highest BCUT2D eigenvalue weighted by Gasteiger charge is 2.10. The molecule has 110 valence electrons. The van der Waals surface area contributed by atoms with Gasteiger partial charge in [-0.2, -0.15) is 10.4 Å². The average molecular weight is 294 g/mol. The van der Waals surface area contributed by atoms with Gasteiger partial charge in [-0.05, 0) is 37.1 Å². The third-order valence-electron chi connectivity index (χ3n) is 3.61. The van der Waals surface area contributed by atoms with E-state index in [2.05, 4.69) is 31.6 Å². The first kappa shape index (κ1) is 13.8. The number of nitriles is 1. The van der Waals surface area contributed by atoms with Crippen molar-refractivity contribution in [2.75, 3.05) is 5.32 Å². The van der Waals surface area contributed by atoms with Crippen LogP contribution in [-0.4, -0.2) is 20.2 Å². The molecule has 7 heteroatoms. The Hall–Kier alpha value is -3.14. The fraction of sp³-hybridized carbons (Fsp3) is 0.200. The lowest BCUT2D eigenvalue weighted by atomic mass is 10.1. The Balaban J connectivity index is 1.86. The number of anilines is 1. The van der Waals surface area contributed by atoms with E-state index in [9.17, 15) is 10.1 Å². The van der Waals surface area contributed by atoms with Gasteiger partial charge in [0.25, 0.3) is 0 Å². The minimum absolute atomic E-state index is 0.230. The third kappa shape index (κ3) is 2.42. The molecule has 0 fully saturated rings. The highest BCUT2D eigenvalue weighted by atomic mass is 16.1. The Kier molecular flexibility index (Phi) is 3.35. The number of benzene rings is 1. The Morgan fingerprint density at radius 3 is 2.77 bits per heavy atom. The summed E-state index contributed by atoms with van der Waals surface area (Å²) in [5.74, 6) is 0.466. The van der Waals surface area contributed by atoms with E-state index in [1.54, 1.807) is 0 Å².